The number of carbonyl (C=O) groups is 2. The van der Waals surface area contributed by atoms with Gasteiger partial charge in [-0.15, -0.1) is 0 Å². The molecule has 110 valence electrons. The Morgan fingerprint density at radius 3 is 2.65 bits per heavy atom. The van der Waals surface area contributed by atoms with E-state index in [1.165, 1.54) is 6.92 Å². The van der Waals surface area contributed by atoms with Crippen LogP contribution in [0.5, 0.6) is 5.75 Å². The van der Waals surface area contributed by atoms with Gasteiger partial charge in [0, 0.05) is 12.2 Å². The first kappa shape index (κ1) is 16.2. The van der Waals surface area contributed by atoms with Crippen LogP contribution < -0.4 is 4.74 Å². The number of Topliss-reactive ketones (excluding diaryl/α,β-unsaturated/α-hetero) is 1. The zero-order valence-corrected chi connectivity index (χ0v) is 11.9. The fourth-order valence-electron chi connectivity index (χ4n) is 1.45. The molecule has 0 heterocycles. The van der Waals surface area contributed by atoms with E-state index in [4.69, 9.17) is 14.2 Å². The molecule has 0 unspecified atom stereocenters. The Balaban J connectivity index is 2.27. The Morgan fingerprint density at radius 2 is 1.95 bits per heavy atom. The summed E-state index contributed by atoms with van der Waals surface area (Å²) in [5.41, 5.74) is 0.545. The summed E-state index contributed by atoms with van der Waals surface area (Å²) in [6.07, 6.45) is 0.934. The molecule has 0 bridgehead atoms. The van der Waals surface area contributed by atoms with Gasteiger partial charge in [0.25, 0.3) is 0 Å². The number of benzene rings is 1. The van der Waals surface area contributed by atoms with Crippen LogP contribution in [0.15, 0.2) is 24.3 Å². The lowest BCUT2D eigenvalue weighted by Crippen LogP contribution is -2.17. The van der Waals surface area contributed by atoms with Gasteiger partial charge in [0.1, 0.15) is 12.4 Å². The molecular formula is C15H20O5. The van der Waals surface area contributed by atoms with Gasteiger partial charge in [0.2, 0.25) is 0 Å². The Bertz CT molecular complexity index is 442. The van der Waals surface area contributed by atoms with Crippen molar-refractivity contribution >= 4 is 11.8 Å². The highest BCUT2D eigenvalue weighted by Gasteiger charge is 2.06. The van der Waals surface area contributed by atoms with Crippen molar-refractivity contribution in [1.29, 1.82) is 0 Å². The molecule has 0 aromatic heterocycles. The molecule has 0 saturated heterocycles. The first-order valence-electron chi connectivity index (χ1n) is 6.60. The summed E-state index contributed by atoms with van der Waals surface area (Å²) in [7, 11) is 0. The number of esters is 1. The molecule has 1 aromatic carbocycles. The molecule has 0 spiro atoms. The Hall–Kier alpha value is -1.88. The first-order valence-corrected chi connectivity index (χ1v) is 6.60. The maximum atomic E-state index is 11.4. The topological polar surface area (TPSA) is 61.8 Å². The smallest absolute Gasteiger partial charge is 0.344 e. The van der Waals surface area contributed by atoms with Crippen LogP contribution in [0.2, 0.25) is 0 Å². The number of carbonyl (C=O) groups excluding carboxylic acids is 2. The summed E-state index contributed by atoms with van der Waals surface area (Å²) in [5.74, 6) is -0.0405. The molecule has 0 fully saturated rings. The van der Waals surface area contributed by atoms with E-state index in [1.54, 1.807) is 24.3 Å². The normalized spacial score (nSPS) is 10.1. The minimum atomic E-state index is -0.460. The fraction of sp³-hybridized carbons (Fsp3) is 0.467. The third kappa shape index (κ3) is 6.33. The third-order valence-electron chi connectivity index (χ3n) is 2.44. The van der Waals surface area contributed by atoms with Crippen LogP contribution in [0.3, 0.4) is 0 Å². The summed E-state index contributed by atoms with van der Waals surface area (Å²) in [4.78, 5) is 22.6. The second-order valence-corrected chi connectivity index (χ2v) is 4.21. The highest BCUT2D eigenvalue weighted by molar-refractivity contribution is 5.94. The minimum absolute atomic E-state index is 0.0499. The molecule has 0 aliphatic carbocycles. The third-order valence-corrected chi connectivity index (χ3v) is 2.44. The van der Waals surface area contributed by atoms with Crippen molar-refractivity contribution in [2.75, 3.05) is 26.4 Å². The summed E-state index contributed by atoms with van der Waals surface area (Å²) in [6.45, 7) is 4.56. The predicted molar refractivity (Wildman–Crippen MR) is 74.0 cm³/mol. The SMILES string of the molecule is CCCOCCOC(=O)COc1cccc(C(C)=O)c1. The summed E-state index contributed by atoms with van der Waals surface area (Å²) in [5, 5.41) is 0. The van der Waals surface area contributed by atoms with Crippen molar-refractivity contribution in [3.63, 3.8) is 0 Å². The highest BCUT2D eigenvalue weighted by Crippen LogP contribution is 2.13. The number of rotatable bonds is 9. The molecule has 0 saturated carbocycles. The van der Waals surface area contributed by atoms with Gasteiger partial charge < -0.3 is 14.2 Å². The van der Waals surface area contributed by atoms with Crippen LogP contribution in [0.4, 0.5) is 0 Å². The molecule has 0 amide bonds. The molecular weight excluding hydrogens is 260 g/mol. The Labute approximate surface area is 118 Å². The molecule has 5 heteroatoms. The van der Waals surface area contributed by atoms with E-state index in [9.17, 15) is 9.59 Å². The van der Waals surface area contributed by atoms with Crippen molar-refractivity contribution in [2.24, 2.45) is 0 Å². The van der Waals surface area contributed by atoms with Gasteiger partial charge in [-0.2, -0.15) is 0 Å². The average molecular weight is 280 g/mol. The molecule has 0 N–H and O–H groups in total. The summed E-state index contributed by atoms with van der Waals surface area (Å²) < 4.78 is 15.4. The zero-order chi connectivity index (χ0) is 14.8. The fourth-order valence-corrected chi connectivity index (χ4v) is 1.45. The first-order chi connectivity index (χ1) is 9.63. The van der Waals surface area contributed by atoms with Crippen molar-refractivity contribution in [3.05, 3.63) is 29.8 Å². The van der Waals surface area contributed by atoms with E-state index in [-0.39, 0.29) is 19.0 Å². The van der Waals surface area contributed by atoms with E-state index < -0.39 is 5.97 Å². The second kappa shape index (κ2) is 9.09. The van der Waals surface area contributed by atoms with Crippen LogP contribution in [0.1, 0.15) is 30.6 Å². The lowest BCUT2D eigenvalue weighted by atomic mass is 10.1. The molecule has 1 aromatic rings. The van der Waals surface area contributed by atoms with E-state index >= 15 is 0 Å². The van der Waals surface area contributed by atoms with Crippen molar-refractivity contribution in [2.45, 2.75) is 20.3 Å². The molecule has 0 aliphatic heterocycles. The van der Waals surface area contributed by atoms with Gasteiger partial charge in [-0.25, -0.2) is 4.79 Å². The number of hydrogen-bond acceptors (Lipinski definition) is 5. The highest BCUT2D eigenvalue weighted by atomic mass is 16.6. The van der Waals surface area contributed by atoms with E-state index in [2.05, 4.69) is 0 Å². The van der Waals surface area contributed by atoms with Crippen LogP contribution >= 0.6 is 0 Å². The molecule has 0 radical (unpaired) electrons. The minimum Gasteiger partial charge on any atom is -0.482 e. The van der Waals surface area contributed by atoms with Crippen LogP contribution in [0.25, 0.3) is 0 Å². The van der Waals surface area contributed by atoms with E-state index in [1.807, 2.05) is 6.92 Å². The summed E-state index contributed by atoms with van der Waals surface area (Å²) in [6, 6.07) is 6.68. The largest absolute Gasteiger partial charge is 0.482 e. The maximum absolute atomic E-state index is 11.4. The van der Waals surface area contributed by atoms with Gasteiger partial charge >= 0.3 is 5.97 Å². The monoisotopic (exact) mass is 280 g/mol. The van der Waals surface area contributed by atoms with Gasteiger partial charge in [-0.1, -0.05) is 19.1 Å². The molecule has 0 atom stereocenters. The molecule has 1 rings (SSSR count). The lowest BCUT2D eigenvalue weighted by molar-refractivity contribution is -0.147. The van der Waals surface area contributed by atoms with Crippen molar-refractivity contribution in [3.8, 4) is 5.75 Å². The van der Waals surface area contributed by atoms with Crippen LogP contribution in [0, 0.1) is 0 Å². The number of ether oxygens (including phenoxy) is 3. The predicted octanol–water partition coefficient (Wildman–Crippen LogP) is 2.24. The second-order valence-electron chi connectivity index (χ2n) is 4.21. The van der Waals surface area contributed by atoms with E-state index in [0.717, 1.165) is 6.42 Å². The zero-order valence-electron chi connectivity index (χ0n) is 11.9. The molecule has 0 aliphatic rings. The van der Waals surface area contributed by atoms with Gasteiger partial charge in [0.05, 0.1) is 6.61 Å². The van der Waals surface area contributed by atoms with E-state index in [0.29, 0.717) is 24.5 Å². The van der Waals surface area contributed by atoms with Gasteiger partial charge in [0.15, 0.2) is 12.4 Å². The molecule has 20 heavy (non-hydrogen) atoms. The Kier molecular flexibility index (Phi) is 7.35. The quantitative estimate of drug-likeness (QED) is 0.394. The van der Waals surface area contributed by atoms with Crippen LogP contribution in [-0.2, 0) is 14.3 Å². The Morgan fingerprint density at radius 1 is 1.15 bits per heavy atom. The summed E-state index contributed by atoms with van der Waals surface area (Å²) >= 11 is 0. The number of hydrogen-bond donors (Lipinski definition) is 0. The average Bonchev–Trinajstić information content (AvgIpc) is 2.45. The van der Waals surface area contributed by atoms with Gasteiger partial charge in [-0.05, 0) is 25.5 Å². The van der Waals surface area contributed by atoms with Crippen LogP contribution in [-0.4, -0.2) is 38.2 Å². The van der Waals surface area contributed by atoms with Gasteiger partial charge in [-0.3, -0.25) is 4.79 Å². The van der Waals surface area contributed by atoms with Crippen molar-refractivity contribution < 1.29 is 23.8 Å². The molecule has 5 nitrogen and oxygen atoms in total. The van der Waals surface area contributed by atoms with Crippen molar-refractivity contribution in [1.82, 2.24) is 0 Å². The number of ketones is 1. The standard InChI is InChI=1S/C15H20O5/c1-3-7-18-8-9-19-15(17)11-20-14-6-4-5-13(10-14)12(2)16/h4-6,10H,3,7-9,11H2,1-2H3. The lowest BCUT2D eigenvalue weighted by Gasteiger charge is -2.08. The maximum Gasteiger partial charge on any atom is 0.344 e.